The Kier molecular flexibility index (Phi) is 5.41. The van der Waals surface area contributed by atoms with Crippen LogP contribution in [0.3, 0.4) is 0 Å². The smallest absolute Gasteiger partial charge is 0.339 e. The Morgan fingerprint density at radius 1 is 1.12 bits per heavy atom. The van der Waals surface area contributed by atoms with Crippen LogP contribution in [0.2, 0.25) is 0 Å². The number of hydrogen-bond acceptors (Lipinski definition) is 4. The fraction of sp³-hybridized carbons (Fsp3) is 0.316. The van der Waals surface area contributed by atoms with Gasteiger partial charge in [0, 0.05) is 18.0 Å². The fourth-order valence-corrected chi connectivity index (χ4v) is 2.48. The summed E-state index contributed by atoms with van der Waals surface area (Å²) < 4.78 is 5.81. The molecule has 1 amide bonds. The summed E-state index contributed by atoms with van der Waals surface area (Å²) in [5.41, 5.74) is 1.42. The molecular formula is C19H22N2O4. The SMILES string of the molecule is COC(=O)c1ccc(=O)n(CC(=O)Nc2ccccc2C(C)(C)C)c1. The standard InChI is InChI=1S/C19H22N2O4/c1-19(2,3)14-7-5-6-8-15(14)20-16(22)12-21-11-13(18(24)25-4)9-10-17(21)23/h5-11H,12H2,1-4H3,(H,20,22). The molecule has 1 heterocycles. The minimum atomic E-state index is -0.563. The van der Waals surface area contributed by atoms with Crippen LogP contribution in [0.25, 0.3) is 0 Å². The molecule has 0 aliphatic rings. The first-order valence-corrected chi connectivity index (χ1v) is 7.90. The van der Waals surface area contributed by atoms with Crippen molar-refractivity contribution in [1.82, 2.24) is 4.57 Å². The van der Waals surface area contributed by atoms with Crippen LogP contribution in [0.1, 0.15) is 36.7 Å². The van der Waals surface area contributed by atoms with Gasteiger partial charge in [-0.05, 0) is 23.1 Å². The number of hydrogen-bond donors (Lipinski definition) is 1. The number of aromatic nitrogens is 1. The first-order valence-electron chi connectivity index (χ1n) is 7.90. The summed E-state index contributed by atoms with van der Waals surface area (Å²) in [6.45, 7) is 5.98. The number of carbonyl (C=O) groups is 2. The number of rotatable bonds is 4. The Morgan fingerprint density at radius 3 is 2.44 bits per heavy atom. The number of nitrogens with one attached hydrogen (secondary N) is 1. The molecular weight excluding hydrogens is 320 g/mol. The number of ether oxygens (including phenoxy) is 1. The molecule has 25 heavy (non-hydrogen) atoms. The molecule has 0 atom stereocenters. The van der Waals surface area contributed by atoms with Gasteiger partial charge in [-0.15, -0.1) is 0 Å². The number of benzene rings is 1. The fourth-order valence-electron chi connectivity index (χ4n) is 2.48. The van der Waals surface area contributed by atoms with Gasteiger partial charge in [0.2, 0.25) is 5.91 Å². The number of pyridine rings is 1. The molecule has 0 aliphatic carbocycles. The molecule has 6 nitrogen and oxygen atoms in total. The largest absolute Gasteiger partial charge is 0.465 e. The van der Waals surface area contributed by atoms with Gasteiger partial charge in [-0.2, -0.15) is 0 Å². The number of para-hydroxylation sites is 1. The summed E-state index contributed by atoms with van der Waals surface area (Å²) in [5.74, 6) is -0.909. The lowest BCUT2D eigenvalue weighted by Crippen LogP contribution is -2.28. The predicted octanol–water partition coefficient (Wildman–Crippen LogP) is 2.57. The van der Waals surface area contributed by atoms with E-state index in [1.807, 2.05) is 24.3 Å². The lowest BCUT2D eigenvalue weighted by Gasteiger charge is -2.23. The molecule has 0 radical (unpaired) electrons. The maximum atomic E-state index is 12.4. The van der Waals surface area contributed by atoms with E-state index in [0.29, 0.717) is 5.69 Å². The monoisotopic (exact) mass is 342 g/mol. The van der Waals surface area contributed by atoms with E-state index in [1.54, 1.807) is 0 Å². The highest BCUT2D eigenvalue weighted by Crippen LogP contribution is 2.29. The van der Waals surface area contributed by atoms with Crippen molar-refractivity contribution in [3.05, 3.63) is 64.1 Å². The van der Waals surface area contributed by atoms with E-state index in [1.165, 1.54) is 30.0 Å². The minimum Gasteiger partial charge on any atom is -0.465 e. The minimum absolute atomic E-state index is 0.133. The van der Waals surface area contributed by atoms with Gasteiger partial charge in [0.15, 0.2) is 0 Å². The maximum absolute atomic E-state index is 12.4. The number of esters is 1. The van der Waals surface area contributed by atoms with E-state index in [9.17, 15) is 14.4 Å². The second-order valence-corrected chi connectivity index (χ2v) is 6.72. The van der Waals surface area contributed by atoms with Crippen molar-refractivity contribution in [3.8, 4) is 0 Å². The Labute approximate surface area is 146 Å². The van der Waals surface area contributed by atoms with Gasteiger partial charge in [-0.25, -0.2) is 4.79 Å². The molecule has 132 valence electrons. The quantitative estimate of drug-likeness (QED) is 0.866. The van der Waals surface area contributed by atoms with Gasteiger partial charge in [0.1, 0.15) is 6.54 Å². The summed E-state index contributed by atoms with van der Waals surface area (Å²) >= 11 is 0. The Hall–Kier alpha value is -2.89. The Bertz CT molecular complexity index is 847. The van der Waals surface area contributed by atoms with Crippen LogP contribution in [-0.4, -0.2) is 23.6 Å². The zero-order chi connectivity index (χ0) is 18.6. The molecule has 1 aromatic carbocycles. The normalized spacial score (nSPS) is 11.0. The Morgan fingerprint density at radius 2 is 1.80 bits per heavy atom. The molecule has 2 rings (SSSR count). The molecule has 1 aromatic heterocycles. The number of carbonyl (C=O) groups excluding carboxylic acids is 2. The highest BCUT2D eigenvalue weighted by Gasteiger charge is 2.19. The van der Waals surface area contributed by atoms with E-state index in [2.05, 4.69) is 30.8 Å². The van der Waals surface area contributed by atoms with Crippen LogP contribution >= 0.6 is 0 Å². The highest BCUT2D eigenvalue weighted by atomic mass is 16.5. The first kappa shape index (κ1) is 18.4. The number of anilines is 1. The van der Waals surface area contributed by atoms with Crippen molar-refractivity contribution in [2.75, 3.05) is 12.4 Å². The van der Waals surface area contributed by atoms with E-state index in [0.717, 1.165) is 5.56 Å². The van der Waals surface area contributed by atoms with E-state index in [4.69, 9.17) is 0 Å². The van der Waals surface area contributed by atoms with Crippen LogP contribution in [0.15, 0.2) is 47.4 Å². The zero-order valence-electron chi connectivity index (χ0n) is 14.8. The third-order valence-corrected chi connectivity index (χ3v) is 3.73. The van der Waals surface area contributed by atoms with Gasteiger partial charge in [0.25, 0.3) is 5.56 Å². The summed E-state index contributed by atoms with van der Waals surface area (Å²) in [7, 11) is 1.26. The van der Waals surface area contributed by atoms with Crippen molar-refractivity contribution < 1.29 is 14.3 Å². The van der Waals surface area contributed by atoms with Gasteiger partial charge in [0.05, 0.1) is 12.7 Å². The van der Waals surface area contributed by atoms with Crippen LogP contribution < -0.4 is 10.9 Å². The average Bonchev–Trinajstić information content (AvgIpc) is 2.55. The van der Waals surface area contributed by atoms with Crippen molar-refractivity contribution >= 4 is 17.6 Å². The third kappa shape index (κ3) is 4.56. The molecule has 0 spiro atoms. The van der Waals surface area contributed by atoms with E-state index < -0.39 is 5.97 Å². The van der Waals surface area contributed by atoms with Gasteiger partial charge >= 0.3 is 5.97 Å². The second-order valence-electron chi connectivity index (χ2n) is 6.72. The van der Waals surface area contributed by atoms with Crippen LogP contribution in [0.4, 0.5) is 5.69 Å². The topological polar surface area (TPSA) is 77.4 Å². The van der Waals surface area contributed by atoms with Crippen LogP contribution in [0, 0.1) is 0 Å². The summed E-state index contributed by atoms with van der Waals surface area (Å²) in [6.07, 6.45) is 1.32. The van der Waals surface area contributed by atoms with Crippen LogP contribution in [-0.2, 0) is 21.5 Å². The molecule has 0 fully saturated rings. The lowest BCUT2D eigenvalue weighted by molar-refractivity contribution is -0.116. The molecule has 0 unspecified atom stereocenters. The lowest BCUT2D eigenvalue weighted by atomic mass is 9.86. The van der Waals surface area contributed by atoms with Gasteiger partial charge in [-0.3, -0.25) is 9.59 Å². The van der Waals surface area contributed by atoms with Gasteiger partial charge in [-0.1, -0.05) is 39.0 Å². The molecule has 0 bridgehead atoms. The second kappa shape index (κ2) is 7.34. The molecule has 2 aromatic rings. The first-order chi connectivity index (χ1) is 11.7. The summed E-state index contributed by atoms with van der Waals surface area (Å²) in [5, 5.41) is 2.84. The molecule has 0 saturated heterocycles. The van der Waals surface area contributed by atoms with Crippen molar-refractivity contribution in [3.63, 3.8) is 0 Å². The number of amides is 1. The highest BCUT2D eigenvalue weighted by molar-refractivity contribution is 5.92. The molecule has 0 saturated carbocycles. The number of nitrogens with zero attached hydrogens (tertiary/aromatic N) is 1. The van der Waals surface area contributed by atoms with E-state index >= 15 is 0 Å². The summed E-state index contributed by atoms with van der Waals surface area (Å²) in [6, 6.07) is 10.2. The molecule has 6 heteroatoms. The van der Waals surface area contributed by atoms with Gasteiger partial charge < -0.3 is 14.6 Å². The Balaban J connectivity index is 2.22. The van der Waals surface area contributed by atoms with Crippen molar-refractivity contribution in [2.45, 2.75) is 32.7 Å². The van der Waals surface area contributed by atoms with E-state index in [-0.39, 0.29) is 29.0 Å². The van der Waals surface area contributed by atoms with Crippen molar-refractivity contribution in [2.24, 2.45) is 0 Å². The summed E-state index contributed by atoms with van der Waals surface area (Å²) in [4.78, 5) is 35.9. The maximum Gasteiger partial charge on any atom is 0.339 e. The molecule has 0 aliphatic heterocycles. The molecule has 1 N–H and O–H groups in total. The van der Waals surface area contributed by atoms with Crippen LogP contribution in [0.5, 0.6) is 0 Å². The number of methoxy groups -OCH3 is 1. The predicted molar refractivity (Wildman–Crippen MR) is 95.8 cm³/mol. The zero-order valence-corrected chi connectivity index (χ0v) is 14.8. The average molecular weight is 342 g/mol. The van der Waals surface area contributed by atoms with Crippen molar-refractivity contribution in [1.29, 1.82) is 0 Å². The third-order valence-electron chi connectivity index (χ3n) is 3.73.